The van der Waals surface area contributed by atoms with Crippen LogP contribution in [0.5, 0.6) is 0 Å². The average molecular weight is 232 g/mol. The van der Waals surface area contributed by atoms with Gasteiger partial charge in [0.2, 0.25) is 5.91 Å². The third kappa shape index (κ3) is 3.30. The van der Waals surface area contributed by atoms with Gasteiger partial charge in [-0.15, -0.1) is 0 Å². The van der Waals surface area contributed by atoms with Crippen LogP contribution in [0, 0.1) is 5.92 Å². The Balaban J connectivity index is 1.89. The normalized spacial score (nSPS) is 18.6. The van der Waals surface area contributed by atoms with Gasteiger partial charge >= 0.3 is 0 Å². The molecule has 1 saturated heterocycles. The molecular formula is C14H20N2O. The number of nitrogens with one attached hydrogen (secondary N) is 2. The fraction of sp³-hybridized carbons (Fsp3) is 0.500. The van der Waals surface area contributed by atoms with Gasteiger partial charge in [-0.05, 0) is 38.4 Å². The van der Waals surface area contributed by atoms with E-state index in [1.807, 2.05) is 37.3 Å². The van der Waals surface area contributed by atoms with Crippen LogP contribution in [0.3, 0.4) is 0 Å². The Bertz CT molecular complexity index is 358. The molecule has 3 heteroatoms. The summed E-state index contributed by atoms with van der Waals surface area (Å²) in [5, 5.41) is 6.37. The summed E-state index contributed by atoms with van der Waals surface area (Å²) in [5.41, 5.74) is 1.16. The summed E-state index contributed by atoms with van der Waals surface area (Å²) >= 11 is 0. The number of amides is 1. The van der Waals surface area contributed by atoms with Crippen molar-refractivity contribution in [2.24, 2.45) is 5.92 Å². The second-order valence-corrected chi connectivity index (χ2v) is 4.67. The first-order valence-electron chi connectivity index (χ1n) is 6.33. The molecule has 1 aromatic rings. The van der Waals surface area contributed by atoms with Crippen molar-refractivity contribution in [2.75, 3.05) is 13.1 Å². The lowest BCUT2D eigenvalue weighted by Gasteiger charge is -2.24. The maximum Gasteiger partial charge on any atom is 0.223 e. The number of hydrogen-bond acceptors (Lipinski definition) is 2. The average Bonchev–Trinajstić information content (AvgIpc) is 2.40. The van der Waals surface area contributed by atoms with E-state index in [0.717, 1.165) is 31.5 Å². The lowest BCUT2D eigenvalue weighted by molar-refractivity contribution is -0.126. The van der Waals surface area contributed by atoms with Gasteiger partial charge in [-0.25, -0.2) is 0 Å². The van der Waals surface area contributed by atoms with Crippen LogP contribution in [-0.4, -0.2) is 19.0 Å². The fourth-order valence-electron chi connectivity index (χ4n) is 2.24. The highest BCUT2D eigenvalue weighted by Crippen LogP contribution is 2.16. The monoisotopic (exact) mass is 232 g/mol. The molecule has 1 aliphatic rings. The molecule has 3 nitrogen and oxygen atoms in total. The van der Waals surface area contributed by atoms with Crippen LogP contribution in [0.4, 0.5) is 0 Å². The highest BCUT2D eigenvalue weighted by atomic mass is 16.1. The molecule has 1 aliphatic heterocycles. The minimum atomic E-state index is 0.0959. The van der Waals surface area contributed by atoms with Crippen LogP contribution >= 0.6 is 0 Å². The summed E-state index contributed by atoms with van der Waals surface area (Å²) in [4.78, 5) is 12.0. The van der Waals surface area contributed by atoms with Crippen LogP contribution in [0.15, 0.2) is 30.3 Å². The third-order valence-corrected chi connectivity index (χ3v) is 3.37. The Kier molecular flexibility index (Phi) is 4.15. The summed E-state index contributed by atoms with van der Waals surface area (Å²) in [7, 11) is 0. The summed E-state index contributed by atoms with van der Waals surface area (Å²) < 4.78 is 0. The van der Waals surface area contributed by atoms with Crippen LogP contribution in [0.2, 0.25) is 0 Å². The molecule has 0 aliphatic carbocycles. The predicted octanol–water partition coefficient (Wildman–Crippen LogP) is 1.86. The Hall–Kier alpha value is -1.35. The fourth-order valence-corrected chi connectivity index (χ4v) is 2.24. The Morgan fingerprint density at radius 2 is 1.94 bits per heavy atom. The summed E-state index contributed by atoms with van der Waals surface area (Å²) in [6.07, 6.45) is 1.90. The van der Waals surface area contributed by atoms with Crippen LogP contribution < -0.4 is 10.6 Å². The number of benzene rings is 1. The van der Waals surface area contributed by atoms with Gasteiger partial charge in [0.05, 0.1) is 6.04 Å². The van der Waals surface area contributed by atoms with E-state index in [4.69, 9.17) is 0 Å². The van der Waals surface area contributed by atoms with Gasteiger partial charge in [0.1, 0.15) is 0 Å². The van der Waals surface area contributed by atoms with Gasteiger partial charge in [-0.1, -0.05) is 30.3 Å². The zero-order chi connectivity index (χ0) is 12.1. The minimum absolute atomic E-state index is 0.0959. The summed E-state index contributed by atoms with van der Waals surface area (Å²) in [6.45, 7) is 3.95. The van der Waals surface area contributed by atoms with E-state index >= 15 is 0 Å². The third-order valence-electron chi connectivity index (χ3n) is 3.37. The zero-order valence-electron chi connectivity index (χ0n) is 10.3. The number of piperidine rings is 1. The van der Waals surface area contributed by atoms with Gasteiger partial charge < -0.3 is 10.6 Å². The quantitative estimate of drug-likeness (QED) is 0.835. The van der Waals surface area contributed by atoms with Gasteiger partial charge in [0, 0.05) is 5.92 Å². The molecule has 0 bridgehead atoms. The Labute approximate surface area is 103 Å². The molecule has 17 heavy (non-hydrogen) atoms. The molecule has 1 aromatic carbocycles. The first kappa shape index (κ1) is 12.1. The van der Waals surface area contributed by atoms with Crippen molar-refractivity contribution in [3.8, 4) is 0 Å². The topological polar surface area (TPSA) is 41.1 Å². The maximum atomic E-state index is 12.0. The van der Waals surface area contributed by atoms with Gasteiger partial charge in [0.15, 0.2) is 0 Å². The largest absolute Gasteiger partial charge is 0.349 e. The molecule has 1 atom stereocenters. The van der Waals surface area contributed by atoms with E-state index in [0.29, 0.717) is 0 Å². The number of carbonyl (C=O) groups is 1. The van der Waals surface area contributed by atoms with Gasteiger partial charge in [-0.2, -0.15) is 0 Å². The summed E-state index contributed by atoms with van der Waals surface area (Å²) in [5.74, 6) is 0.380. The standard InChI is InChI=1S/C14H20N2O/c1-11(12-5-3-2-4-6-12)16-14(17)13-7-9-15-10-8-13/h2-6,11,13,15H,7-10H2,1H3,(H,16,17)/t11-/m1/s1. The highest BCUT2D eigenvalue weighted by molar-refractivity contribution is 5.79. The molecule has 0 saturated carbocycles. The number of carbonyl (C=O) groups excluding carboxylic acids is 1. The predicted molar refractivity (Wildman–Crippen MR) is 68.6 cm³/mol. The molecule has 0 spiro atoms. The van der Waals surface area contributed by atoms with Crippen molar-refractivity contribution in [1.29, 1.82) is 0 Å². The molecule has 2 rings (SSSR count). The van der Waals surface area contributed by atoms with Crippen molar-refractivity contribution >= 4 is 5.91 Å². The second-order valence-electron chi connectivity index (χ2n) is 4.67. The van der Waals surface area contributed by atoms with Crippen molar-refractivity contribution in [2.45, 2.75) is 25.8 Å². The highest BCUT2D eigenvalue weighted by Gasteiger charge is 2.22. The molecule has 0 radical (unpaired) electrons. The van der Waals surface area contributed by atoms with Gasteiger partial charge in [0.25, 0.3) is 0 Å². The van der Waals surface area contributed by atoms with Crippen molar-refractivity contribution in [3.63, 3.8) is 0 Å². The number of hydrogen-bond donors (Lipinski definition) is 2. The molecular weight excluding hydrogens is 212 g/mol. The van der Waals surface area contributed by atoms with Crippen LogP contribution in [0.25, 0.3) is 0 Å². The lowest BCUT2D eigenvalue weighted by Crippen LogP contribution is -2.39. The van der Waals surface area contributed by atoms with Crippen LogP contribution in [0.1, 0.15) is 31.4 Å². The van der Waals surface area contributed by atoms with E-state index in [9.17, 15) is 4.79 Å². The van der Waals surface area contributed by atoms with E-state index in [-0.39, 0.29) is 17.9 Å². The van der Waals surface area contributed by atoms with Gasteiger partial charge in [-0.3, -0.25) is 4.79 Å². The number of rotatable bonds is 3. The zero-order valence-corrected chi connectivity index (χ0v) is 10.3. The van der Waals surface area contributed by atoms with Crippen molar-refractivity contribution in [1.82, 2.24) is 10.6 Å². The Morgan fingerprint density at radius 3 is 2.59 bits per heavy atom. The molecule has 2 N–H and O–H groups in total. The minimum Gasteiger partial charge on any atom is -0.349 e. The van der Waals surface area contributed by atoms with E-state index in [1.54, 1.807) is 0 Å². The van der Waals surface area contributed by atoms with Crippen molar-refractivity contribution in [3.05, 3.63) is 35.9 Å². The smallest absolute Gasteiger partial charge is 0.223 e. The van der Waals surface area contributed by atoms with E-state index in [2.05, 4.69) is 10.6 Å². The first-order chi connectivity index (χ1) is 8.27. The molecule has 92 valence electrons. The first-order valence-corrected chi connectivity index (χ1v) is 6.33. The SMILES string of the molecule is C[C@@H](NC(=O)C1CCNCC1)c1ccccc1. The molecule has 1 fully saturated rings. The van der Waals surface area contributed by atoms with Crippen LogP contribution in [-0.2, 0) is 4.79 Å². The molecule has 0 aromatic heterocycles. The van der Waals surface area contributed by atoms with E-state index < -0.39 is 0 Å². The Morgan fingerprint density at radius 1 is 1.29 bits per heavy atom. The molecule has 1 heterocycles. The second kappa shape index (κ2) is 5.82. The molecule has 1 amide bonds. The molecule has 0 unspecified atom stereocenters. The van der Waals surface area contributed by atoms with Crippen molar-refractivity contribution < 1.29 is 4.79 Å². The summed E-state index contributed by atoms with van der Waals surface area (Å²) in [6, 6.07) is 10.2. The van der Waals surface area contributed by atoms with E-state index in [1.165, 1.54) is 0 Å². The maximum absolute atomic E-state index is 12.0. The lowest BCUT2D eigenvalue weighted by atomic mass is 9.96.